The van der Waals surface area contributed by atoms with Crippen molar-refractivity contribution in [3.05, 3.63) is 54.1 Å². The Labute approximate surface area is 139 Å². The largest absolute Gasteiger partial charge is 0.508 e. The van der Waals surface area contributed by atoms with Gasteiger partial charge in [0.2, 0.25) is 0 Å². The number of nitrogens with zero attached hydrogens (tertiary/aromatic N) is 1. The highest BCUT2D eigenvalue weighted by Crippen LogP contribution is 2.14. The lowest BCUT2D eigenvalue weighted by Crippen LogP contribution is -2.25. The van der Waals surface area contributed by atoms with Crippen molar-refractivity contribution in [2.45, 2.75) is 11.8 Å². The van der Waals surface area contributed by atoms with E-state index in [1.165, 1.54) is 36.4 Å². The third-order valence-corrected chi connectivity index (χ3v) is 4.28. The highest BCUT2D eigenvalue weighted by molar-refractivity contribution is 7.90. The summed E-state index contributed by atoms with van der Waals surface area (Å²) in [6.07, 6.45) is 1.11. The number of benzene rings is 2. The van der Waals surface area contributed by atoms with Gasteiger partial charge in [0.05, 0.1) is 10.6 Å². The monoisotopic (exact) mass is 347 g/mol. The normalized spacial score (nSPS) is 11.8. The second kappa shape index (κ2) is 7.14. The Bertz CT molecular complexity index is 857. The van der Waals surface area contributed by atoms with Crippen molar-refractivity contribution in [2.75, 3.05) is 11.6 Å². The van der Waals surface area contributed by atoms with E-state index in [0.717, 1.165) is 11.8 Å². The molecular weight excluding hydrogens is 330 g/mol. The molecule has 8 heteroatoms. The molecule has 0 radical (unpaired) electrons. The van der Waals surface area contributed by atoms with Gasteiger partial charge in [0.15, 0.2) is 9.84 Å². The molecule has 2 aromatic carbocycles. The first-order valence-corrected chi connectivity index (χ1v) is 8.85. The van der Waals surface area contributed by atoms with E-state index in [2.05, 4.69) is 15.8 Å². The molecule has 0 unspecified atom stereocenters. The molecule has 0 atom stereocenters. The molecule has 0 aromatic heterocycles. The third-order valence-electron chi connectivity index (χ3n) is 3.15. The van der Waals surface area contributed by atoms with Gasteiger partial charge >= 0.3 is 6.03 Å². The van der Waals surface area contributed by atoms with Crippen LogP contribution in [0.1, 0.15) is 12.5 Å². The predicted octanol–water partition coefficient (Wildman–Crippen LogP) is 2.34. The summed E-state index contributed by atoms with van der Waals surface area (Å²) in [5.41, 5.74) is 4.11. The summed E-state index contributed by atoms with van der Waals surface area (Å²) >= 11 is 0. The average Bonchev–Trinajstić information content (AvgIpc) is 2.53. The third kappa shape index (κ3) is 4.82. The van der Waals surface area contributed by atoms with Gasteiger partial charge in [-0.25, -0.2) is 18.6 Å². The van der Waals surface area contributed by atoms with E-state index < -0.39 is 15.9 Å². The zero-order valence-electron chi connectivity index (χ0n) is 13.1. The summed E-state index contributed by atoms with van der Waals surface area (Å²) in [4.78, 5) is 12.0. The number of hydrazone groups is 1. The Balaban J connectivity index is 1.98. The lowest BCUT2D eigenvalue weighted by Gasteiger charge is -2.06. The molecule has 0 aliphatic rings. The summed E-state index contributed by atoms with van der Waals surface area (Å²) in [5, 5.41) is 15.7. The van der Waals surface area contributed by atoms with Crippen molar-refractivity contribution in [1.29, 1.82) is 0 Å². The van der Waals surface area contributed by atoms with E-state index >= 15 is 0 Å². The van der Waals surface area contributed by atoms with Gasteiger partial charge in [0, 0.05) is 11.9 Å². The van der Waals surface area contributed by atoms with Crippen molar-refractivity contribution >= 4 is 27.3 Å². The SMILES string of the molecule is C/C(=N/NC(=O)Nc1ccc(S(C)(=O)=O)cc1)c1ccc(O)cc1. The van der Waals surface area contributed by atoms with Gasteiger partial charge in [-0.1, -0.05) is 0 Å². The van der Waals surface area contributed by atoms with Crippen LogP contribution in [-0.4, -0.2) is 31.5 Å². The molecule has 2 rings (SSSR count). The van der Waals surface area contributed by atoms with Crippen LogP contribution < -0.4 is 10.7 Å². The Morgan fingerprint density at radius 1 is 1.04 bits per heavy atom. The number of hydrogen-bond donors (Lipinski definition) is 3. The molecule has 7 nitrogen and oxygen atoms in total. The van der Waals surface area contributed by atoms with Crippen molar-refractivity contribution in [1.82, 2.24) is 5.43 Å². The summed E-state index contributed by atoms with van der Waals surface area (Å²) in [7, 11) is -3.27. The lowest BCUT2D eigenvalue weighted by atomic mass is 10.1. The number of urea groups is 1. The first-order valence-electron chi connectivity index (χ1n) is 6.96. The highest BCUT2D eigenvalue weighted by atomic mass is 32.2. The number of hydrogen-bond acceptors (Lipinski definition) is 5. The minimum Gasteiger partial charge on any atom is -0.508 e. The molecule has 0 spiro atoms. The molecule has 0 aliphatic heterocycles. The minimum absolute atomic E-state index is 0.148. The molecule has 24 heavy (non-hydrogen) atoms. The van der Waals surface area contributed by atoms with E-state index in [9.17, 15) is 18.3 Å². The number of anilines is 1. The van der Waals surface area contributed by atoms with Crippen LogP contribution in [0.5, 0.6) is 5.75 Å². The highest BCUT2D eigenvalue weighted by Gasteiger charge is 2.07. The number of rotatable bonds is 4. The first-order chi connectivity index (χ1) is 11.3. The quantitative estimate of drug-likeness (QED) is 0.583. The van der Waals surface area contributed by atoms with Crippen LogP contribution in [0.25, 0.3) is 0 Å². The Hall–Kier alpha value is -2.87. The fraction of sp³-hybridized carbons (Fsp3) is 0.125. The molecule has 0 aliphatic carbocycles. The summed E-state index contributed by atoms with van der Waals surface area (Å²) in [6, 6.07) is 11.7. The first kappa shape index (κ1) is 17.5. The molecule has 2 amide bonds. The number of aromatic hydroxyl groups is 1. The van der Waals surface area contributed by atoms with Crippen LogP contribution in [0.4, 0.5) is 10.5 Å². The molecular formula is C16H17N3O4S. The van der Waals surface area contributed by atoms with Crippen LogP contribution in [0.15, 0.2) is 58.5 Å². The maximum atomic E-state index is 11.8. The topological polar surface area (TPSA) is 108 Å². The van der Waals surface area contributed by atoms with E-state index in [1.807, 2.05) is 0 Å². The Morgan fingerprint density at radius 2 is 1.62 bits per heavy atom. The fourth-order valence-electron chi connectivity index (χ4n) is 1.85. The van der Waals surface area contributed by atoms with Gasteiger partial charge in [-0.2, -0.15) is 5.10 Å². The van der Waals surface area contributed by atoms with Crippen molar-refractivity contribution < 1.29 is 18.3 Å². The van der Waals surface area contributed by atoms with Gasteiger partial charge < -0.3 is 10.4 Å². The zero-order valence-corrected chi connectivity index (χ0v) is 14.0. The molecule has 0 saturated carbocycles. The molecule has 2 aromatic rings. The smallest absolute Gasteiger partial charge is 0.339 e. The summed E-state index contributed by atoms with van der Waals surface area (Å²) < 4.78 is 22.7. The van der Waals surface area contributed by atoms with Gasteiger partial charge in [0.25, 0.3) is 0 Å². The van der Waals surface area contributed by atoms with Gasteiger partial charge in [0.1, 0.15) is 5.75 Å². The molecule has 0 bridgehead atoms. The average molecular weight is 347 g/mol. The van der Waals surface area contributed by atoms with Crippen LogP contribution in [-0.2, 0) is 9.84 Å². The number of amides is 2. The predicted molar refractivity (Wildman–Crippen MR) is 92.0 cm³/mol. The number of phenols is 1. The number of sulfone groups is 1. The van der Waals surface area contributed by atoms with Crippen LogP contribution >= 0.6 is 0 Å². The van der Waals surface area contributed by atoms with Crippen molar-refractivity contribution in [2.24, 2.45) is 5.10 Å². The summed E-state index contributed by atoms with van der Waals surface area (Å²) in [5.74, 6) is 0.148. The second-order valence-electron chi connectivity index (χ2n) is 5.11. The lowest BCUT2D eigenvalue weighted by molar-refractivity contribution is 0.252. The van der Waals surface area contributed by atoms with Crippen molar-refractivity contribution in [3.63, 3.8) is 0 Å². The molecule has 126 valence electrons. The maximum Gasteiger partial charge on any atom is 0.339 e. The van der Waals surface area contributed by atoms with Gasteiger partial charge in [-0.3, -0.25) is 0 Å². The van der Waals surface area contributed by atoms with Crippen LogP contribution in [0, 0.1) is 0 Å². The van der Waals surface area contributed by atoms with E-state index in [1.54, 1.807) is 19.1 Å². The van der Waals surface area contributed by atoms with Crippen LogP contribution in [0.3, 0.4) is 0 Å². The number of nitrogens with one attached hydrogen (secondary N) is 2. The Morgan fingerprint density at radius 3 is 2.17 bits per heavy atom. The molecule has 3 N–H and O–H groups in total. The fourth-order valence-corrected chi connectivity index (χ4v) is 2.48. The zero-order chi connectivity index (χ0) is 17.7. The number of carbonyl (C=O) groups excluding carboxylic acids is 1. The molecule has 0 heterocycles. The number of carbonyl (C=O) groups is 1. The maximum absolute atomic E-state index is 11.8. The molecule has 0 saturated heterocycles. The Kier molecular flexibility index (Phi) is 5.20. The standard InChI is InChI=1S/C16H17N3O4S/c1-11(12-3-7-14(20)8-4-12)18-19-16(21)17-13-5-9-15(10-6-13)24(2,22)23/h3-10,20H,1-2H3,(H2,17,19,21)/b18-11-. The van der Waals surface area contributed by atoms with E-state index in [4.69, 9.17) is 0 Å². The van der Waals surface area contributed by atoms with Gasteiger partial charge in [-0.05, 0) is 61.0 Å². The van der Waals surface area contributed by atoms with Crippen molar-refractivity contribution in [3.8, 4) is 5.75 Å². The van der Waals surface area contributed by atoms with E-state index in [0.29, 0.717) is 11.4 Å². The minimum atomic E-state index is -3.27. The summed E-state index contributed by atoms with van der Waals surface area (Å²) in [6.45, 7) is 1.72. The van der Waals surface area contributed by atoms with E-state index in [-0.39, 0.29) is 10.6 Å². The van der Waals surface area contributed by atoms with Gasteiger partial charge in [-0.15, -0.1) is 0 Å². The second-order valence-corrected chi connectivity index (χ2v) is 7.12. The number of phenolic OH excluding ortho intramolecular Hbond substituents is 1. The molecule has 0 fully saturated rings. The van der Waals surface area contributed by atoms with Crippen LogP contribution in [0.2, 0.25) is 0 Å².